The van der Waals surface area contributed by atoms with Crippen molar-refractivity contribution in [3.8, 4) is 5.75 Å². The smallest absolute Gasteiger partial charge is 0.260 e. The van der Waals surface area contributed by atoms with Crippen molar-refractivity contribution in [2.24, 2.45) is 0 Å². The summed E-state index contributed by atoms with van der Waals surface area (Å²) in [4.78, 5) is 36.2. The quantitative estimate of drug-likeness (QED) is 0.340. The first-order chi connectivity index (χ1) is 14.1. The Morgan fingerprint density at radius 2 is 2.17 bits per heavy atom. The number of hydrogen-bond acceptors (Lipinski definition) is 9. The lowest BCUT2D eigenvalue weighted by Crippen LogP contribution is -2.15. The van der Waals surface area contributed by atoms with Crippen LogP contribution in [-0.2, 0) is 17.0 Å². The summed E-state index contributed by atoms with van der Waals surface area (Å²) < 4.78 is 10.4. The number of H-pyrrole nitrogens is 1. The van der Waals surface area contributed by atoms with Gasteiger partial charge in [0, 0.05) is 0 Å². The third-order valence-corrected chi connectivity index (χ3v) is 5.52. The number of thiophene rings is 1. The summed E-state index contributed by atoms with van der Waals surface area (Å²) in [5, 5.41) is 9.45. The van der Waals surface area contributed by atoms with Crippen LogP contribution in [-0.4, -0.2) is 33.1 Å². The number of aromatic nitrogens is 4. The molecule has 0 aliphatic rings. The molecule has 4 aromatic rings. The summed E-state index contributed by atoms with van der Waals surface area (Å²) in [6.45, 7) is 0. The molecule has 0 radical (unpaired) electrons. The SMILES string of the molecule is COc1ccccc1NC(=O)Cc1noc(CSc2nc3sccc3c(=O)[nH]2)n1. The maximum absolute atomic E-state index is 12.2. The van der Waals surface area contributed by atoms with Gasteiger partial charge in [-0.2, -0.15) is 4.98 Å². The van der Waals surface area contributed by atoms with Crippen molar-refractivity contribution in [1.82, 2.24) is 20.1 Å². The largest absolute Gasteiger partial charge is 0.495 e. The molecule has 29 heavy (non-hydrogen) atoms. The van der Waals surface area contributed by atoms with Gasteiger partial charge in [0.1, 0.15) is 10.6 Å². The highest BCUT2D eigenvalue weighted by Gasteiger charge is 2.14. The van der Waals surface area contributed by atoms with E-state index in [0.29, 0.717) is 38.5 Å². The second-order valence-electron chi connectivity index (χ2n) is 5.83. The molecule has 3 aromatic heterocycles. The Morgan fingerprint density at radius 3 is 3.03 bits per heavy atom. The van der Waals surface area contributed by atoms with E-state index < -0.39 is 0 Å². The summed E-state index contributed by atoms with van der Waals surface area (Å²) in [5.41, 5.74) is 0.385. The van der Waals surface area contributed by atoms with Gasteiger partial charge in [0.25, 0.3) is 5.56 Å². The van der Waals surface area contributed by atoms with E-state index in [9.17, 15) is 9.59 Å². The van der Waals surface area contributed by atoms with Gasteiger partial charge in [0.15, 0.2) is 11.0 Å². The van der Waals surface area contributed by atoms with Gasteiger partial charge in [-0.25, -0.2) is 4.98 Å². The molecule has 9 nitrogen and oxygen atoms in total. The molecule has 11 heteroatoms. The molecule has 0 saturated carbocycles. The zero-order valence-electron chi connectivity index (χ0n) is 15.2. The molecule has 1 aromatic carbocycles. The molecule has 3 heterocycles. The zero-order chi connectivity index (χ0) is 20.2. The number of hydrogen-bond donors (Lipinski definition) is 2. The molecule has 0 fully saturated rings. The molecule has 0 aliphatic carbocycles. The van der Waals surface area contributed by atoms with Crippen LogP contribution in [0, 0.1) is 0 Å². The van der Waals surface area contributed by atoms with E-state index in [1.54, 1.807) is 24.3 Å². The molecule has 1 amide bonds. The van der Waals surface area contributed by atoms with Crippen LogP contribution in [0.3, 0.4) is 0 Å². The first-order valence-corrected chi connectivity index (χ1v) is 10.3. The average Bonchev–Trinajstić information content (AvgIpc) is 3.36. The molecule has 0 aliphatic heterocycles. The van der Waals surface area contributed by atoms with Gasteiger partial charge >= 0.3 is 0 Å². The summed E-state index contributed by atoms with van der Waals surface area (Å²) in [5.74, 6) is 1.20. The number of nitrogens with one attached hydrogen (secondary N) is 2. The number of rotatable bonds is 7. The minimum atomic E-state index is -0.288. The van der Waals surface area contributed by atoms with Crippen LogP contribution in [0.5, 0.6) is 5.75 Å². The number of fused-ring (bicyclic) bond motifs is 1. The fraction of sp³-hybridized carbons (Fsp3) is 0.167. The number of benzene rings is 1. The van der Waals surface area contributed by atoms with Gasteiger partial charge in [-0.15, -0.1) is 11.3 Å². The summed E-state index contributed by atoms with van der Waals surface area (Å²) in [7, 11) is 1.53. The number of nitrogens with zero attached hydrogens (tertiary/aromatic N) is 3. The Morgan fingerprint density at radius 1 is 1.31 bits per heavy atom. The van der Waals surface area contributed by atoms with E-state index in [2.05, 4.69) is 25.4 Å². The molecule has 4 rings (SSSR count). The minimum absolute atomic E-state index is 0.0392. The lowest BCUT2D eigenvalue weighted by molar-refractivity contribution is -0.115. The monoisotopic (exact) mass is 429 g/mol. The van der Waals surface area contributed by atoms with Crippen LogP contribution < -0.4 is 15.6 Å². The predicted octanol–water partition coefficient (Wildman–Crippen LogP) is 2.85. The second-order valence-corrected chi connectivity index (χ2v) is 7.69. The first kappa shape index (κ1) is 19.2. The van der Waals surface area contributed by atoms with Gasteiger partial charge in [-0.3, -0.25) is 9.59 Å². The molecule has 0 unspecified atom stereocenters. The Labute approximate surface area is 172 Å². The van der Waals surface area contributed by atoms with E-state index in [-0.39, 0.29) is 23.7 Å². The minimum Gasteiger partial charge on any atom is -0.495 e. The third-order valence-electron chi connectivity index (χ3n) is 3.86. The number of carbonyl (C=O) groups is 1. The van der Waals surface area contributed by atoms with E-state index in [1.807, 2.05) is 11.4 Å². The Balaban J connectivity index is 1.36. The average molecular weight is 429 g/mol. The van der Waals surface area contributed by atoms with Crippen molar-refractivity contribution in [3.63, 3.8) is 0 Å². The third kappa shape index (κ3) is 4.46. The van der Waals surface area contributed by atoms with Crippen molar-refractivity contribution < 1.29 is 14.1 Å². The van der Waals surface area contributed by atoms with E-state index >= 15 is 0 Å². The molecular weight excluding hydrogens is 414 g/mol. The molecule has 0 atom stereocenters. The number of amides is 1. The van der Waals surface area contributed by atoms with Gasteiger partial charge in [0.05, 0.1) is 30.4 Å². The van der Waals surface area contributed by atoms with Crippen LogP contribution in [0.15, 0.2) is 50.2 Å². The number of aromatic amines is 1. The van der Waals surface area contributed by atoms with Gasteiger partial charge < -0.3 is 19.6 Å². The van der Waals surface area contributed by atoms with Crippen LogP contribution in [0.25, 0.3) is 10.2 Å². The van der Waals surface area contributed by atoms with Crippen molar-refractivity contribution in [1.29, 1.82) is 0 Å². The maximum Gasteiger partial charge on any atom is 0.260 e. The van der Waals surface area contributed by atoms with Crippen LogP contribution >= 0.6 is 23.1 Å². The van der Waals surface area contributed by atoms with Crippen molar-refractivity contribution in [2.75, 3.05) is 12.4 Å². The highest BCUT2D eigenvalue weighted by atomic mass is 32.2. The fourth-order valence-electron chi connectivity index (χ4n) is 2.55. The number of methoxy groups -OCH3 is 1. The van der Waals surface area contributed by atoms with Crippen molar-refractivity contribution in [2.45, 2.75) is 17.3 Å². The predicted molar refractivity (Wildman–Crippen MR) is 109 cm³/mol. The number of thioether (sulfide) groups is 1. The van der Waals surface area contributed by atoms with Gasteiger partial charge in [-0.1, -0.05) is 29.1 Å². The number of para-hydroxylation sites is 2. The first-order valence-electron chi connectivity index (χ1n) is 8.47. The van der Waals surface area contributed by atoms with E-state index in [4.69, 9.17) is 9.26 Å². The number of carbonyl (C=O) groups excluding carboxylic acids is 1. The molecule has 0 spiro atoms. The van der Waals surface area contributed by atoms with Gasteiger partial charge in [0.2, 0.25) is 11.8 Å². The Bertz CT molecular complexity index is 1220. The van der Waals surface area contributed by atoms with E-state index in [1.165, 1.54) is 30.2 Å². The van der Waals surface area contributed by atoms with Crippen molar-refractivity contribution in [3.05, 3.63) is 57.8 Å². The Hall–Kier alpha value is -3.18. The van der Waals surface area contributed by atoms with Gasteiger partial charge in [-0.05, 0) is 23.6 Å². The standard InChI is InChI=1S/C18H15N5O4S2/c1-26-12-5-3-2-4-11(12)19-14(24)8-13-20-15(27-23-13)9-29-18-21-16(25)10-6-7-28-17(10)22-18/h2-7H,8-9H2,1H3,(H,19,24)(H,21,22,25). The number of ether oxygens (including phenoxy) is 1. The van der Waals surface area contributed by atoms with E-state index in [0.717, 1.165) is 0 Å². The summed E-state index contributed by atoms with van der Waals surface area (Å²) in [6.07, 6.45) is -0.0392. The van der Waals surface area contributed by atoms with Crippen LogP contribution in [0.4, 0.5) is 5.69 Å². The highest BCUT2D eigenvalue weighted by molar-refractivity contribution is 7.98. The molecule has 2 N–H and O–H groups in total. The lowest BCUT2D eigenvalue weighted by Gasteiger charge is -2.08. The highest BCUT2D eigenvalue weighted by Crippen LogP contribution is 2.23. The number of anilines is 1. The lowest BCUT2D eigenvalue weighted by atomic mass is 10.2. The van der Waals surface area contributed by atoms with Crippen LogP contribution in [0.1, 0.15) is 11.7 Å². The Kier molecular flexibility index (Phi) is 5.58. The fourth-order valence-corrected chi connectivity index (χ4v) is 4.07. The summed E-state index contributed by atoms with van der Waals surface area (Å²) in [6, 6.07) is 8.85. The zero-order valence-corrected chi connectivity index (χ0v) is 16.8. The van der Waals surface area contributed by atoms with Crippen molar-refractivity contribution >= 4 is 44.9 Å². The molecule has 0 bridgehead atoms. The topological polar surface area (TPSA) is 123 Å². The normalized spacial score (nSPS) is 10.9. The summed E-state index contributed by atoms with van der Waals surface area (Å²) >= 11 is 2.67. The van der Waals surface area contributed by atoms with Crippen LogP contribution in [0.2, 0.25) is 0 Å². The second kappa shape index (κ2) is 8.45. The molecule has 148 valence electrons. The maximum atomic E-state index is 12.2. The molecule has 0 saturated heterocycles. The molecular formula is C18H15N5O4S2.